The van der Waals surface area contributed by atoms with E-state index in [0.29, 0.717) is 17.1 Å². The molecule has 0 atom stereocenters. The summed E-state index contributed by atoms with van der Waals surface area (Å²) in [5, 5.41) is 2.99. The number of anilines is 1. The Bertz CT molecular complexity index is 1170. The van der Waals surface area contributed by atoms with Crippen LogP contribution in [0.25, 0.3) is 22.6 Å². The Kier molecular flexibility index (Phi) is 4.38. The molecule has 1 amide bonds. The van der Waals surface area contributed by atoms with Gasteiger partial charge in [-0.25, -0.2) is 9.97 Å². The first-order valence-corrected chi connectivity index (χ1v) is 8.79. The average Bonchev–Trinajstić information content (AvgIpc) is 3.06. The Balaban J connectivity index is 1.66. The highest BCUT2D eigenvalue weighted by molar-refractivity contribution is 6.33. The molecule has 134 valence electrons. The van der Waals surface area contributed by atoms with E-state index >= 15 is 0 Å². The van der Waals surface area contributed by atoms with Crippen LogP contribution in [0.2, 0.25) is 5.15 Å². The molecule has 0 aliphatic carbocycles. The highest BCUT2D eigenvalue weighted by atomic mass is 35.5. The number of nitrogens with one attached hydrogen (secondary N) is 1. The number of rotatable bonds is 3. The molecule has 0 saturated carbocycles. The Morgan fingerprint density at radius 3 is 2.78 bits per heavy atom. The van der Waals surface area contributed by atoms with Crippen LogP contribution in [0.15, 0.2) is 59.1 Å². The lowest BCUT2D eigenvalue weighted by Gasteiger charge is -2.07. The third-order valence-corrected chi connectivity index (χ3v) is 4.49. The maximum Gasteiger partial charge on any atom is 0.258 e. The van der Waals surface area contributed by atoms with Crippen LogP contribution in [0.5, 0.6) is 0 Å². The van der Waals surface area contributed by atoms with Crippen molar-refractivity contribution in [3.63, 3.8) is 0 Å². The number of halogens is 1. The van der Waals surface area contributed by atoms with E-state index in [1.807, 2.05) is 38.1 Å². The Morgan fingerprint density at radius 2 is 1.96 bits per heavy atom. The van der Waals surface area contributed by atoms with E-state index in [1.54, 1.807) is 18.2 Å². The molecule has 2 heterocycles. The normalized spacial score (nSPS) is 10.9. The maximum atomic E-state index is 12.4. The van der Waals surface area contributed by atoms with Crippen molar-refractivity contribution < 1.29 is 9.21 Å². The van der Waals surface area contributed by atoms with Gasteiger partial charge in [0.1, 0.15) is 10.7 Å². The number of aromatic nitrogens is 2. The summed E-state index contributed by atoms with van der Waals surface area (Å²) < 4.78 is 5.95. The molecular formula is C21H16ClN3O2. The van der Waals surface area contributed by atoms with Crippen molar-refractivity contribution >= 4 is 34.3 Å². The molecule has 0 saturated heterocycles. The monoisotopic (exact) mass is 377 g/mol. The quantitative estimate of drug-likeness (QED) is 0.484. The van der Waals surface area contributed by atoms with E-state index in [0.717, 1.165) is 27.8 Å². The predicted octanol–water partition coefficient (Wildman–Crippen LogP) is 5.41. The number of aryl methyl sites for hydroxylation is 2. The standard InChI is InChI=1S/C21H16ClN3O2/c1-12-9-13(2)18-17(10-12)25-21(27-18)14-5-3-6-15(11-14)24-20(26)16-7-4-8-23-19(16)22/h3-11H,1-2H3,(H,24,26). The second-order valence-electron chi connectivity index (χ2n) is 6.33. The zero-order chi connectivity index (χ0) is 19.0. The predicted molar refractivity (Wildman–Crippen MR) is 106 cm³/mol. The molecule has 27 heavy (non-hydrogen) atoms. The Morgan fingerprint density at radius 1 is 1.11 bits per heavy atom. The summed E-state index contributed by atoms with van der Waals surface area (Å²) in [5.41, 5.74) is 5.48. The fourth-order valence-corrected chi connectivity index (χ4v) is 3.19. The summed E-state index contributed by atoms with van der Waals surface area (Å²) in [4.78, 5) is 20.9. The minimum Gasteiger partial charge on any atom is -0.436 e. The molecule has 0 spiro atoms. The fraction of sp³-hybridized carbons (Fsp3) is 0.0952. The summed E-state index contributed by atoms with van der Waals surface area (Å²) in [7, 11) is 0. The fourth-order valence-electron chi connectivity index (χ4n) is 2.98. The summed E-state index contributed by atoms with van der Waals surface area (Å²) in [6.45, 7) is 4.03. The highest BCUT2D eigenvalue weighted by Gasteiger charge is 2.14. The second kappa shape index (κ2) is 6.85. The molecule has 4 aromatic rings. The van der Waals surface area contributed by atoms with Crippen LogP contribution in [-0.4, -0.2) is 15.9 Å². The van der Waals surface area contributed by atoms with Crippen molar-refractivity contribution in [3.8, 4) is 11.5 Å². The first-order chi connectivity index (χ1) is 13.0. The SMILES string of the molecule is Cc1cc(C)c2oc(-c3cccc(NC(=O)c4cccnc4Cl)c3)nc2c1. The first kappa shape index (κ1) is 17.2. The van der Waals surface area contributed by atoms with Crippen LogP contribution in [-0.2, 0) is 0 Å². The Labute approximate surface area is 161 Å². The van der Waals surface area contributed by atoms with E-state index in [2.05, 4.69) is 21.4 Å². The number of fused-ring (bicyclic) bond motifs is 1. The summed E-state index contributed by atoms with van der Waals surface area (Å²) >= 11 is 5.99. The molecule has 0 bridgehead atoms. The molecule has 2 aromatic carbocycles. The van der Waals surface area contributed by atoms with Gasteiger partial charge in [-0.15, -0.1) is 0 Å². The first-order valence-electron chi connectivity index (χ1n) is 8.41. The zero-order valence-corrected chi connectivity index (χ0v) is 15.5. The molecule has 1 N–H and O–H groups in total. The van der Waals surface area contributed by atoms with Gasteiger partial charge in [0.2, 0.25) is 5.89 Å². The topological polar surface area (TPSA) is 68.0 Å². The molecule has 4 rings (SSSR count). The smallest absolute Gasteiger partial charge is 0.258 e. The van der Waals surface area contributed by atoms with Crippen molar-refractivity contribution in [2.24, 2.45) is 0 Å². The third-order valence-electron chi connectivity index (χ3n) is 4.19. The Hall–Kier alpha value is -3.18. The van der Waals surface area contributed by atoms with Gasteiger partial charge in [-0.05, 0) is 61.4 Å². The minimum absolute atomic E-state index is 0.163. The molecular weight excluding hydrogens is 362 g/mol. The van der Waals surface area contributed by atoms with Crippen LogP contribution in [0.3, 0.4) is 0 Å². The van der Waals surface area contributed by atoms with Gasteiger partial charge in [-0.2, -0.15) is 0 Å². The summed E-state index contributed by atoms with van der Waals surface area (Å²) in [6, 6.07) is 14.7. The lowest BCUT2D eigenvalue weighted by Crippen LogP contribution is -2.12. The van der Waals surface area contributed by atoms with E-state index in [4.69, 9.17) is 16.0 Å². The number of hydrogen-bond acceptors (Lipinski definition) is 4. The van der Waals surface area contributed by atoms with E-state index in [1.165, 1.54) is 6.20 Å². The molecule has 0 unspecified atom stereocenters. The van der Waals surface area contributed by atoms with E-state index in [9.17, 15) is 4.79 Å². The summed E-state index contributed by atoms with van der Waals surface area (Å²) in [5.74, 6) is 0.184. The maximum absolute atomic E-state index is 12.4. The number of pyridine rings is 1. The molecule has 0 aliphatic heterocycles. The largest absolute Gasteiger partial charge is 0.436 e. The van der Waals surface area contributed by atoms with Crippen molar-refractivity contribution in [2.45, 2.75) is 13.8 Å². The van der Waals surface area contributed by atoms with Gasteiger partial charge in [0.05, 0.1) is 5.56 Å². The van der Waals surface area contributed by atoms with Gasteiger partial charge in [0, 0.05) is 17.4 Å². The molecule has 0 radical (unpaired) electrons. The molecule has 0 aliphatic rings. The van der Waals surface area contributed by atoms with Crippen LogP contribution in [0, 0.1) is 13.8 Å². The molecule has 5 nitrogen and oxygen atoms in total. The van der Waals surface area contributed by atoms with Gasteiger partial charge in [0.15, 0.2) is 5.58 Å². The van der Waals surface area contributed by atoms with E-state index < -0.39 is 0 Å². The van der Waals surface area contributed by atoms with Gasteiger partial charge in [-0.3, -0.25) is 4.79 Å². The zero-order valence-electron chi connectivity index (χ0n) is 14.8. The third kappa shape index (κ3) is 3.41. The highest BCUT2D eigenvalue weighted by Crippen LogP contribution is 2.29. The van der Waals surface area contributed by atoms with E-state index in [-0.39, 0.29) is 11.1 Å². The number of hydrogen-bond donors (Lipinski definition) is 1. The van der Waals surface area contributed by atoms with Crippen LogP contribution < -0.4 is 5.32 Å². The van der Waals surface area contributed by atoms with Gasteiger partial charge in [0.25, 0.3) is 5.91 Å². The number of nitrogens with zero attached hydrogens (tertiary/aromatic N) is 2. The van der Waals surface area contributed by atoms with Crippen molar-refractivity contribution in [1.29, 1.82) is 0 Å². The number of oxazole rings is 1. The molecule has 0 fully saturated rings. The van der Waals surface area contributed by atoms with Gasteiger partial charge in [-0.1, -0.05) is 23.7 Å². The van der Waals surface area contributed by atoms with Crippen molar-refractivity contribution in [2.75, 3.05) is 5.32 Å². The van der Waals surface area contributed by atoms with Gasteiger partial charge >= 0.3 is 0 Å². The summed E-state index contributed by atoms with van der Waals surface area (Å²) in [6.07, 6.45) is 1.54. The van der Waals surface area contributed by atoms with Crippen LogP contribution in [0.1, 0.15) is 21.5 Å². The number of carbonyl (C=O) groups is 1. The number of amides is 1. The molecule has 2 aromatic heterocycles. The minimum atomic E-state index is -0.325. The number of benzene rings is 2. The average molecular weight is 378 g/mol. The second-order valence-corrected chi connectivity index (χ2v) is 6.68. The lowest BCUT2D eigenvalue weighted by molar-refractivity contribution is 0.102. The molecule has 6 heteroatoms. The van der Waals surface area contributed by atoms with Crippen molar-refractivity contribution in [1.82, 2.24) is 9.97 Å². The number of carbonyl (C=O) groups excluding carboxylic acids is 1. The van der Waals surface area contributed by atoms with Crippen molar-refractivity contribution in [3.05, 3.63) is 76.6 Å². The van der Waals surface area contributed by atoms with Crippen LogP contribution >= 0.6 is 11.6 Å². The lowest BCUT2D eigenvalue weighted by atomic mass is 10.1. The van der Waals surface area contributed by atoms with Gasteiger partial charge < -0.3 is 9.73 Å². The van der Waals surface area contributed by atoms with Crippen LogP contribution in [0.4, 0.5) is 5.69 Å².